The van der Waals surface area contributed by atoms with Gasteiger partial charge in [0.1, 0.15) is 0 Å². The third kappa shape index (κ3) is 5.04. The molecule has 2 fully saturated rings. The van der Waals surface area contributed by atoms with Gasteiger partial charge in [0.25, 0.3) is 0 Å². The molecule has 2 aliphatic heterocycles. The van der Waals surface area contributed by atoms with Gasteiger partial charge in [-0.3, -0.25) is 0 Å². The van der Waals surface area contributed by atoms with Gasteiger partial charge in [0, 0.05) is 18.1 Å². The molecule has 2 atom stereocenters. The summed E-state index contributed by atoms with van der Waals surface area (Å²) in [7, 11) is 2.33. The van der Waals surface area contributed by atoms with E-state index >= 15 is 0 Å². The van der Waals surface area contributed by atoms with Crippen molar-refractivity contribution in [2.24, 2.45) is 0 Å². The Hall–Kier alpha value is -0.0800. The van der Waals surface area contributed by atoms with Crippen molar-refractivity contribution >= 4 is 0 Å². The summed E-state index contributed by atoms with van der Waals surface area (Å²) in [6, 6.07) is 2.57. The highest BCUT2D eigenvalue weighted by Gasteiger charge is 2.37. The molecule has 2 saturated heterocycles. The molecule has 2 aliphatic rings. The fourth-order valence-electron chi connectivity index (χ4n) is 4.14. The van der Waals surface area contributed by atoms with E-state index < -0.39 is 0 Å². The Morgan fingerprint density at radius 2 is 1.40 bits per heavy atom. The summed E-state index contributed by atoms with van der Waals surface area (Å²) in [6.07, 6.45) is 17.1. The maximum Gasteiger partial charge on any atom is 0.0111 e. The lowest BCUT2D eigenvalue weighted by Crippen LogP contribution is -2.47. The first-order valence-corrected chi connectivity index (χ1v) is 9.26. The summed E-state index contributed by atoms with van der Waals surface area (Å²) in [6.45, 7) is 3.55. The number of hydrogen-bond acceptors (Lipinski definition) is 2. The van der Waals surface area contributed by atoms with Crippen LogP contribution in [0.15, 0.2) is 0 Å². The van der Waals surface area contributed by atoms with Crippen molar-refractivity contribution in [3.05, 3.63) is 0 Å². The van der Waals surface area contributed by atoms with E-state index in [4.69, 9.17) is 0 Å². The van der Waals surface area contributed by atoms with Crippen LogP contribution >= 0.6 is 0 Å². The summed E-state index contributed by atoms with van der Waals surface area (Å²) >= 11 is 0. The standard InChI is InChI=1S/C18H36N2/c1-3-4-5-6-7-8-9-10-13-19-16-14-17-11-12-18(15-16)20(17)2/h16-19H,3-15H2,1-2H3. The topological polar surface area (TPSA) is 15.3 Å². The SMILES string of the molecule is CCCCCCCCCCNC1CC2CCC(C1)N2C. The van der Waals surface area contributed by atoms with Gasteiger partial charge in [0.15, 0.2) is 0 Å². The van der Waals surface area contributed by atoms with E-state index in [2.05, 4.69) is 24.2 Å². The minimum absolute atomic E-state index is 0.813. The molecular formula is C18H36N2. The van der Waals surface area contributed by atoms with Gasteiger partial charge in [-0.25, -0.2) is 0 Å². The number of hydrogen-bond donors (Lipinski definition) is 1. The molecule has 0 aromatic heterocycles. The van der Waals surface area contributed by atoms with Crippen LogP contribution in [0.4, 0.5) is 0 Å². The molecule has 2 nitrogen and oxygen atoms in total. The van der Waals surface area contributed by atoms with Gasteiger partial charge < -0.3 is 10.2 Å². The van der Waals surface area contributed by atoms with Crippen LogP contribution in [-0.2, 0) is 0 Å². The Bertz CT molecular complexity index is 240. The minimum atomic E-state index is 0.813. The first-order valence-electron chi connectivity index (χ1n) is 9.26. The zero-order valence-electron chi connectivity index (χ0n) is 13.9. The molecule has 0 radical (unpaired) electrons. The molecule has 0 amide bonds. The number of nitrogens with one attached hydrogen (secondary N) is 1. The van der Waals surface area contributed by atoms with E-state index in [0.717, 1.165) is 18.1 Å². The van der Waals surface area contributed by atoms with Crippen molar-refractivity contribution in [3.8, 4) is 0 Å². The van der Waals surface area contributed by atoms with Crippen molar-refractivity contribution in [1.29, 1.82) is 0 Å². The van der Waals surface area contributed by atoms with E-state index in [1.165, 1.54) is 83.6 Å². The molecule has 2 rings (SSSR count). The molecule has 0 aromatic rings. The highest BCUT2D eigenvalue weighted by atomic mass is 15.2. The number of fused-ring (bicyclic) bond motifs is 2. The zero-order chi connectivity index (χ0) is 14.2. The highest BCUT2D eigenvalue weighted by molar-refractivity contribution is 4.95. The van der Waals surface area contributed by atoms with Crippen LogP contribution in [-0.4, -0.2) is 36.6 Å². The van der Waals surface area contributed by atoms with E-state index in [1.54, 1.807) is 0 Å². The molecule has 0 saturated carbocycles. The number of unbranched alkanes of at least 4 members (excludes halogenated alkanes) is 7. The van der Waals surface area contributed by atoms with Crippen LogP contribution in [0.1, 0.15) is 84.0 Å². The Labute approximate surface area is 126 Å². The zero-order valence-corrected chi connectivity index (χ0v) is 13.9. The van der Waals surface area contributed by atoms with Gasteiger partial charge in [-0.2, -0.15) is 0 Å². The largest absolute Gasteiger partial charge is 0.314 e. The summed E-state index contributed by atoms with van der Waals surface area (Å²) < 4.78 is 0. The van der Waals surface area contributed by atoms with E-state index in [9.17, 15) is 0 Å². The Kier molecular flexibility index (Phi) is 7.37. The van der Waals surface area contributed by atoms with Gasteiger partial charge in [-0.05, 0) is 45.7 Å². The van der Waals surface area contributed by atoms with Gasteiger partial charge in [-0.15, -0.1) is 0 Å². The second-order valence-electron chi connectivity index (χ2n) is 7.15. The second-order valence-corrected chi connectivity index (χ2v) is 7.15. The average molecular weight is 280 g/mol. The first-order chi connectivity index (χ1) is 9.81. The molecule has 0 spiro atoms. The molecule has 2 heteroatoms. The number of piperidine rings is 1. The summed E-state index contributed by atoms with van der Waals surface area (Å²) in [5.41, 5.74) is 0. The quantitative estimate of drug-likeness (QED) is 0.599. The fourth-order valence-corrected chi connectivity index (χ4v) is 4.14. The van der Waals surface area contributed by atoms with E-state index in [0.29, 0.717) is 0 Å². The lowest BCUT2D eigenvalue weighted by Gasteiger charge is -2.36. The van der Waals surface area contributed by atoms with Gasteiger partial charge >= 0.3 is 0 Å². The van der Waals surface area contributed by atoms with Crippen LogP contribution in [0, 0.1) is 0 Å². The highest BCUT2D eigenvalue weighted by Crippen LogP contribution is 2.34. The fraction of sp³-hybridized carbons (Fsp3) is 1.00. The predicted octanol–water partition coefficient (Wildman–Crippen LogP) is 4.34. The third-order valence-electron chi connectivity index (χ3n) is 5.56. The Balaban J connectivity index is 1.42. The van der Waals surface area contributed by atoms with Crippen LogP contribution in [0.25, 0.3) is 0 Å². The third-order valence-corrected chi connectivity index (χ3v) is 5.56. The van der Waals surface area contributed by atoms with E-state index in [1.807, 2.05) is 0 Å². The van der Waals surface area contributed by atoms with Crippen molar-refractivity contribution in [3.63, 3.8) is 0 Å². The van der Waals surface area contributed by atoms with Crippen molar-refractivity contribution in [2.75, 3.05) is 13.6 Å². The molecular weight excluding hydrogens is 244 g/mol. The minimum Gasteiger partial charge on any atom is -0.314 e. The molecule has 1 N–H and O–H groups in total. The monoisotopic (exact) mass is 280 g/mol. The van der Waals surface area contributed by atoms with Crippen molar-refractivity contribution < 1.29 is 0 Å². The lowest BCUT2D eigenvalue weighted by molar-refractivity contribution is 0.148. The number of nitrogens with zero attached hydrogens (tertiary/aromatic N) is 1. The Morgan fingerprint density at radius 3 is 2.00 bits per heavy atom. The van der Waals surface area contributed by atoms with Crippen LogP contribution in [0.3, 0.4) is 0 Å². The molecule has 0 aliphatic carbocycles. The van der Waals surface area contributed by atoms with Crippen LogP contribution < -0.4 is 5.32 Å². The van der Waals surface area contributed by atoms with Crippen LogP contribution in [0.2, 0.25) is 0 Å². The molecule has 2 bridgehead atoms. The lowest BCUT2D eigenvalue weighted by atomic mass is 9.98. The summed E-state index contributed by atoms with van der Waals surface area (Å²) in [4.78, 5) is 2.63. The summed E-state index contributed by atoms with van der Waals surface area (Å²) in [5.74, 6) is 0. The second kappa shape index (κ2) is 9.04. The molecule has 118 valence electrons. The van der Waals surface area contributed by atoms with Gasteiger partial charge in [0.05, 0.1) is 0 Å². The van der Waals surface area contributed by atoms with Crippen molar-refractivity contribution in [1.82, 2.24) is 10.2 Å². The normalized spacial score (nSPS) is 30.0. The maximum atomic E-state index is 3.83. The van der Waals surface area contributed by atoms with Crippen LogP contribution in [0.5, 0.6) is 0 Å². The number of rotatable bonds is 10. The van der Waals surface area contributed by atoms with E-state index in [-0.39, 0.29) is 0 Å². The maximum absolute atomic E-state index is 3.83. The molecule has 2 heterocycles. The van der Waals surface area contributed by atoms with Crippen molar-refractivity contribution in [2.45, 2.75) is 102 Å². The smallest absolute Gasteiger partial charge is 0.0111 e. The first kappa shape index (κ1) is 16.3. The Morgan fingerprint density at radius 1 is 0.850 bits per heavy atom. The molecule has 2 unspecified atom stereocenters. The van der Waals surface area contributed by atoms with Gasteiger partial charge in [-0.1, -0.05) is 51.9 Å². The predicted molar refractivity (Wildman–Crippen MR) is 88.2 cm³/mol. The molecule has 20 heavy (non-hydrogen) atoms. The average Bonchev–Trinajstić information content (AvgIpc) is 2.67. The van der Waals surface area contributed by atoms with Gasteiger partial charge in [0.2, 0.25) is 0 Å². The molecule has 0 aromatic carbocycles. The summed E-state index contributed by atoms with van der Waals surface area (Å²) in [5, 5.41) is 3.83.